The zero-order valence-electron chi connectivity index (χ0n) is 30.0. The highest BCUT2D eigenvalue weighted by Gasteiger charge is 2.98. The van der Waals surface area contributed by atoms with Gasteiger partial charge in [-0.05, 0) is 81.9 Å². The molecule has 2 aliphatic carbocycles. The van der Waals surface area contributed by atoms with Gasteiger partial charge in [-0.2, -0.15) is 0 Å². The average molecular weight is 662 g/mol. The Kier molecular flexibility index (Phi) is 5.55. The molecular weight excluding hydrogens is 619 g/mol. The molecule has 4 bridgehead atoms. The van der Waals surface area contributed by atoms with Crippen LogP contribution in [-0.2, 0) is 20.4 Å². The van der Waals surface area contributed by atoms with Crippen molar-refractivity contribution < 1.29 is 9.53 Å². The Labute approximate surface area is 294 Å². The van der Waals surface area contributed by atoms with E-state index in [2.05, 4.69) is 178 Å². The fourth-order valence-electron chi connectivity index (χ4n) is 10.9. The summed E-state index contributed by atoms with van der Waals surface area (Å²) in [5.74, 6) is -0.0947. The zero-order valence-corrected chi connectivity index (χ0v) is 30.0. The highest BCUT2D eigenvalue weighted by atomic mass is 16.6. The van der Waals surface area contributed by atoms with E-state index in [-0.39, 0.29) is 29.4 Å². The maximum absolute atomic E-state index is 14.3. The van der Waals surface area contributed by atoms with Crippen molar-refractivity contribution in [2.24, 2.45) is 5.92 Å². The van der Waals surface area contributed by atoms with Crippen molar-refractivity contribution >= 4 is 28.7 Å². The highest BCUT2D eigenvalue weighted by molar-refractivity contribution is 6.07. The second-order valence-corrected chi connectivity index (χ2v) is 15.8. The summed E-state index contributed by atoms with van der Waals surface area (Å²) in [7, 11) is 16.7. The molecule has 1 saturated carbocycles. The van der Waals surface area contributed by atoms with Gasteiger partial charge in [0, 0.05) is 85.0 Å². The average Bonchev–Trinajstić information content (AvgIpc) is 3.55. The second-order valence-electron chi connectivity index (χ2n) is 15.8. The summed E-state index contributed by atoms with van der Waals surface area (Å²) in [5, 5.41) is 0. The topological polar surface area (TPSA) is 42.5 Å². The van der Waals surface area contributed by atoms with Crippen LogP contribution in [0.1, 0.15) is 22.3 Å². The molecule has 7 heteroatoms. The Morgan fingerprint density at radius 2 is 0.940 bits per heavy atom. The van der Waals surface area contributed by atoms with E-state index in [0.717, 1.165) is 22.6 Å². The molecule has 0 amide bonds. The van der Waals surface area contributed by atoms with E-state index in [1.807, 2.05) is 0 Å². The van der Waals surface area contributed by atoms with E-state index in [4.69, 9.17) is 4.74 Å². The molecule has 10 rings (SSSR count). The van der Waals surface area contributed by atoms with Gasteiger partial charge >= 0.3 is 5.97 Å². The lowest BCUT2D eigenvalue weighted by atomic mass is 9.54. The summed E-state index contributed by atoms with van der Waals surface area (Å²) >= 11 is 0. The lowest BCUT2D eigenvalue weighted by molar-refractivity contribution is -0.142. The molecule has 0 N–H and O–H groups in total. The van der Waals surface area contributed by atoms with Gasteiger partial charge in [0.1, 0.15) is 0 Å². The molecule has 4 aromatic carbocycles. The summed E-state index contributed by atoms with van der Waals surface area (Å²) in [6.45, 7) is 0. The van der Waals surface area contributed by atoms with Crippen LogP contribution in [0.5, 0.6) is 0 Å². The van der Waals surface area contributed by atoms with E-state index in [0.29, 0.717) is 0 Å². The van der Waals surface area contributed by atoms with Crippen LogP contribution < -0.4 is 19.6 Å². The molecule has 50 heavy (non-hydrogen) atoms. The van der Waals surface area contributed by atoms with Gasteiger partial charge < -0.3 is 29.2 Å². The lowest BCUT2D eigenvalue weighted by Gasteiger charge is -2.47. The van der Waals surface area contributed by atoms with Gasteiger partial charge in [-0.3, -0.25) is 0 Å². The zero-order chi connectivity index (χ0) is 34.6. The number of carbonyl (C=O) groups excluding carboxylic acids is 1. The van der Waals surface area contributed by atoms with Gasteiger partial charge in [0.2, 0.25) is 0 Å². The molecule has 0 radical (unpaired) electrons. The standard InChI is InChI=1S/C43H43N5O2/c1-44(2)29-17-9-25(10-18-29)41(26-11-19-30(20-12-26)45(3)4)35-33-34-39-43(50-40(34)49)37(36(35)48(39)38(33)41)42(43,27-13-21-31(22-14-27)46(5)6)28-15-23-32(24-16-28)47(7)8/h9-24,36-38H,1-8H3. The van der Waals surface area contributed by atoms with Gasteiger partial charge in [0.05, 0.1) is 34.2 Å². The molecular formula is C43H43N5O2. The monoisotopic (exact) mass is 661 g/mol. The molecule has 252 valence electrons. The van der Waals surface area contributed by atoms with Crippen LogP contribution >= 0.6 is 0 Å². The van der Waals surface area contributed by atoms with E-state index in [1.54, 1.807) is 0 Å². The quantitative estimate of drug-likeness (QED) is 0.222. The second kappa shape index (κ2) is 9.33. The van der Waals surface area contributed by atoms with Crippen LogP contribution in [-0.4, -0.2) is 84.9 Å². The first-order valence-corrected chi connectivity index (χ1v) is 17.6. The number of esters is 1. The Morgan fingerprint density at radius 1 is 0.560 bits per heavy atom. The minimum Gasteiger partial charge on any atom is -0.447 e. The first-order chi connectivity index (χ1) is 24.0. The molecule has 4 aliphatic heterocycles. The van der Waals surface area contributed by atoms with Gasteiger partial charge in [-0.15, -0.1) is 0 Å². The summed E-state index contributed by atoms with van der Waals surface area (Å²) < 4.78 is 6.77. The minimum absolute atomic E-state index is 0.0586. The fourth-order valence-corrected chi connectivity index (χ4v) is 10.9. The molecule has 4 aromatic rings. The van der Waals surface area contributed by atoms with Crippen molar-refractivity contribution in [3.63, 3.8) is 0 Å². The summed E-state index contributed by atoms with van der Waals surface area (Å²) in [5.41, 5.74) is 12.7. The molecule has 1 saturated heterocycles. The summed E-state index contributed by atoms with van der Waals surface area (Å²) in [6.07, 6.45) is 0. The SMILES string of the molecule is CN(C)c1ccc(C2(c3ccc(N(C)C)cc3)C3=C4C5=C6N(C3C3C6(OC5=O)C3(c3ccc(N(C)C)cc3)c3ccc(N(C)C)cc3)C42)cc1. The maximum atomic E-state index is 14.3. The maximum Gasteiger partial charge on any atom is 0.341 e. The number of nitrogens with zero attached hydrogens (tertiary/aromatic N) is 5. The number of fused-ring (bicyclic) bond motifs is 2. The fraction of sp³-hybridized carbons (Fsp3) is 0.326. The van der Waals surface area contributed by atoms with Crippen molar-refractivity contribution in [2.45, 2.75) is 28.5 Å². The number of benzene rings is 4. The summed E-state index contributed by atoms with van der Waals surface area (Å²) in [4.78, 5) is 25.5. The Morgan fingerprint density at radius 3 is 1.32 bits per heavy atom. The minimum atomic E-state index is -0.721. The van der Waals surface area contributed by atoms with Crippen molar-refractivity contribution in [2.75, 3.05) is 76.0 Å². The predicted molar refractivity (Wildman–Crippen MR) is 200 cm³/mol. The van der Waals surface area contributed by atoms with Crippen molar-refractivity contribution in [1.82, 2.24) is 4.90 Å². The normalized spacial score (nSPS) is 26.2. The van der Waals surface area contributed by atoms with Crippen molar-refractivity contribution in [3.8, 4) is 0 Å². The number of hydrogen-bond donors (Lipinski definition) is 0. The van der Waals surface area contributed by atoms with Gasteiger partial charge in [0.25, 0.3) is 0 Å². The molecule has 7 nitrogen and oxygen atoms in total. The molecule has 4 atom stereocenters. The molecule has 6 aliphatic rings. The van der Waals surface area contributed by atoms with Crippen LogP contribution in [0, 0.1) is 5.92 Å². The van der Waals surface area contributed by atoms with Crippen LogP contribution in [0.25, 0.3) is 0 Å². The van der Waals surface area contributed by atoms with Crippen molar-refractivity contribution in [3.05, 3.63) is 142 Å². The van der Waals surface area contributed by atoms with E-state index >= 15 is 0 Å². The highest BCUT2D eigenvalue weighted by Crippen LogP contribution is 2.88. The third kappa shape index (κ3) is 3.05. The Hall–Kier alpha value is -5.17. The van der Waals surface area contributed by atoms with Gasteiger partial charge in [-0.25, -0.2) is 4.79 Å². The Bertz CT molecular complexity index is 2070. The smallest absolute Gasteiger partial charge is 0.341 e. The van der Waals surface area contributed by atoms with Crippen LogP contribution in [0.3, 0.4) is 0 Å². The molecule has 2 fully saturated rings. The number of hydrogen-bond acceptors (Lipinski definition) is 7. The van der Waals surface area contributed by atoms with Gasteiger partial charge in [-0.1, -0.05) is 48.5 Å². The number of ether oxygens (including phenoxy) is 1. The molecule has 4 heterocycles. The number of carbonyl (C=O) groups is 1. The van der Waals surface area contributed by atoms with Crippen LogP contribution in [0.4, 0.5) is 22.7 Å². The molecule has 1 spiro atoms. The third-order valence-electron chi connectivity index (χ3n) is 12.9. The number of anilines is 4. The van der Waals surface area contributed by atoms with Crippen molar-refractivity contribution in [1.29, 1.82) is 0 Å². The summed E-state index contributed by atoms with van der Waals surface area (Å²) in [6, 6.07) is 36.4. The molecule has 0 aromatic heterocycles. The van der Waals surface area contributed by atoms with E-state index < -0.39 is 11.0 Å². The lowest BCUT2D eigenvalue weighted by Crippen LogP contribution is -2.50. The largest absolute Gasteiger partial charge is 0.447 e. The Balaban J connectivity index is 1.19. The van der Waals surface area contributed by atoms with Crippen LogP contribution in [0.15, 0.2) is 119 Å². The van der Waals surface area contributed by atoms with Crippen LogP contribution in [0.2, 0.25) is 0 Å². The molecule has 4 unspecified atom stereocenters. The van der Waals surface area contributed by atoms with E-state index in [9.17, 15) is 4.79 Å². The van der Waals surface area contributed by atoms with E-state index in [1.165, 1.54) is 44.8 Å². The number of rotatable bonds is 8. The first-order valence-electron chi connectivity index (χ1n) is 17.6. The first kappa shape index (κ1) is 29.7. The number of piperidine rings is 1. The van der Waals surface area contributed by atoms with Gasteiger partial charge in [0.15, 0.2) is 5.60 Å². The third-order valence-corrected chi connectivity index (χ3v) is 12.9. The predicted octanol–water partition coefficient (Wildman–Crippen LogP) is 5.79.